The average Bonchev–Trinajstić information content (AvgIpc) is 2.84. The molecule has 0 aromatic heterocycles. The van der Waals surface area contributed by atoms with Crippen LogP contribution in [0.5, 0.6) is 0 Å². The Morgan fingerprint density at radius 1 is 1.00 bits per heavy atom. The van der Waals surface area contributed by atoms with E-state index in [0.29, 0.717) is 35.3 Å². The summed E-state index contributed by atoms with van der Waals surface area (Å²) in [6.07, 6.45) is 0.433. The van der Waals surface area contributed by atoms with Gasteiger partial charge in [-0.2, -0.15) is 0 Å². The van der Waals surface area contributed by atoms with E-state index in [4.69, 9.17) is 23.2 Å². The number of hydrogen-bond donors (Lipinski definition) is 1. The van der Waals surface area contributed by atoms with Crippen LogP contribution in [0.1, 0.15) is 23.6 Å². The Morgan fingerprint density at radius 2 is 1.71 bits per heavy atom. The van der Waals surface area contributed by atoms with Crippen molar-refractivity contribution in [3.8, 4) is 0 Å². The molecule has 0 spiro atoms. The first kappa shape index (κ1) is 27.6. The summed E-state index contributed by atoms with van der Waals surface area (Å²) in [5, 5.41) is 4.07. The summed E-state index contributed by atoms with van der Waals surface area (Å²) in [6, 6.07) is 22.3. The lowest BCUT2D eigenvalue weighted by Gasteiger charge is -2.31. The molecule has 0 radical (unpaired) electrons. The van der Waals surface area contributed by atoms with Gasteiger partial charge in [0.25, 0.3) is 0 Å². The van der Waals surface area contributed by atoms with Crippen LogP contribution in [0.2, 0.25) is 10.0 Å². The van der Waals surface area contributed by atoms with Crippen molar-refractivity contribution < 1.29 is 9.59 Å². The molecule has 3 rings (SSSR count). The van der Waals surface area contributed by atoms with Crippen molar-refractivity contribution >= 4 is 62.7 Å². The predicted molar refractivity (Wildman–Crippen MR) is 150 cm³/mol. The first-order valence-corrected chi connectivity index (χ1v) is 13.9. The maximum Gasteiger partial charge on any atom is 0.243 e. The molecule has 3 aromatic rings. The van der Waals surface area contributed by atoms with Gasteiger partial charge in [0.05, 0.1) is 5.75 Å². The van der Waals surface area contributed by atoms with E-state index in [9.17, 15) is 9.59 Å². The summed E-state index contributed by atoms with van der Waals surface area (Å²) in [4.78, 5) is 28.4. The number of carbonyl (C=O) groups excluding carboxylic acids is 2. The Morgan fingerprint density at radius 3 is 2.37 bits per heavy atom. The molecule has 0 bridgehead atoms. The molecular formula is C27H27BrCl2N2O2S. The second-order valence-corrected chi connectivity index (χ2v) is 10.7. The van der Waals surface area contributed by atoms with Crippen molar-refractivity contribution in [2.24, 2.45) is 0 Å². The van der Waals surface area contributed by atoms with Crippen LogP contribution >= 0.6 is 50.9 Å². The number of carbonyl (C=O) groups is 2. The number of thioether (sulfide) groups is 1. The van der Waals surface area contributed by atoms with Gasteiger partial charge in [0, 0.05) is 39.8 Å². The third-order valence-corrected chi connectivity index (χ3v) is 7.47. The number of halogens is 3. The quantitative estimate of drug-likeness (QED) is 0.267. The van der Waals surface area contributed by atoms with Crippen LogP contribution in [0, 0.1) is 0 Å². The highest BCUT2D eigenvalue weighted by Gasteiger charge is 2.30. The van der Waals surface area contributed by atoms with Gasteiger partial charge in [-0.15, -0.1) is 11.8 Å². The largest absolute Gasteiger partial charge is 0.355 e. The zero-order chi connectivity index (χ0) is 25.2. The van der Waals surface area contributed by atoms with E-state index in [-0.39, 0.29) is 17.6 Å². The van der Waals surface area contributed by atoms with E-state index < -0.39 is 6.04 Å². The second-order valence-electron chi connectivity index (χ2n) is 7.98. The number of nitrogens with one attached hydrogen (secondary N) is 1. The van der Waals surface area contributed by atoms with Crippen LogP contribution in [-0.4, -0.2) is 35.1 Å². The molecule has 35 heavy (non-hydrogen) atoms. The molecule has 3 aromatic carbocycles. The predicted octanol–water partition coefficient (Wildman–Crippen LogP) is 6.77. The Labute approximate surface area is 229 Å². The van der Waals surface area contributed by atoms with Crippen molar-refractivity contribution in [2.75, 3.05) is 12.3 Å². The van der Waals surface area contributed by atoms with E-state index in [2.05, 4.69) is 21.2 Å². The van der Waals surface area contributed by atoms with E-state index in [1.165, 1.54) is 11.8 Å². The maximum atomic E-state index is 13.5. The number of rotatable bonds is 11. The summed E-state index contributed by atoms with van der Waals surface area (Å²) in [7, 11) is 0. The standard InChI is InChI=1S/C27H27BrCl2N2O2S/c1-2-31-27(34)25(14-19-6-4-3-5-7-19)32(16-20-8-11-22(28)12-9-20)26(33)18-35-17-21-10-13-23(29)15-24(21)30/h3-13,15,25H,2,14,16-18H2,1H3,(H,31,34)/t25-/m0/s1. The SMILES string of the molecule is CCNC(=O)[C@H](Cc1ccccc1)N(Cc1ccc(Br)cc1)C(=O)CSCc1ccc(Cl)cc1Cl. The average molecular weight is 594 g/mol. The number of amides is 2. The first-order chi connectivity index (χ1) is 16.9. The highest BCUT2D eigenvalue weighted by molar-refractivity contribution is 9.10. The molecule has 0 fully saturated rings. The zero-order valence-corrected chi connectivity index (χ0v) is 23.3. The highest BCUT2D eigenvalue weighted by Crippen LogP contribution is 2.25. The summed E-state index contributed by atoms with van der Waals surface area (Å²) >= 11 is 17.2. The minimum atomic E-state index is -0.631. The Balaban J connectivity index is 1.82. The number of likely N-dealkylation sites (N-methyl/N-ethyl adjacent to an activating group) is 1. The fraction of sp³-hybridized carbons (Fsp3) is 0.259. The summed E-state index contributed by atoms with van der Waals surface area (Å²) in [6.45, 7) is 2.71. The van der Waals surface area contributed by atoms with Gasteiger partial charge in [0.2, 0.25) is 11.8 Å². The summed E-state index contributed by atoms with van der Waals surface area (Å²) < 4.78 is 0.957. The van der Waals surface area contributed by atoms with Gasteiger partial charge in [0.1, 0.15) is 6.04 Å². The number of hydrogen-bond acceptors (Lipinski definition) is 3. The molecule has 4 nitrogen and oxygen atoms in total. The van der Waals surface area contributed by atoms with Gasteiger partial charge in [-0.05, 0) is 47.9 Å². The first-order valence-electron chi connectivity index (χ1n) is 11.2. The van der Waals surface area contributed by atoms with Crippen molar-refractivity contribution in [3.63, 3.8) is 0 Å². The van der Waals surface area contributed by atoms with Crippen LogP contribution in [0.15, 0.2) is 77.3 Å². The minimum Gasteiger partial charge on any atom is -0.355 e. The van der Waals surface area contributed by atoms with Gasteiger partial charge >= 0.3 is 0 Å². The molecule has 0 saturated heterocycles. The summed E-state index contributed by atoms with van der Waals surface area (Å²) in [5.74, 6) is 0.529. The molecule has 8 heteroatoms. The fourth-order valence-electron chi connectivity index (χ4n) is 3.60. The van der Waals surface area contributed by atoms with E-state index in [1.54, 1.807) is 17.0 Å². The molecule has 0 heterocycles. The van der Waals surface area contributed by atoms with Crippen LogP contribution in [-0.2, 0) is 28.3 Å². The molecule has 0 aliphatic heterocycles. The third kappa shape index (κ3) is 8.57. The lowest BCUT2D eigenvalue weighted by molar-refractivity contribution is -0.139. The zero-order valence-electron chi connectivity index (χ0n) is 19.3. The van der Waals surface area contributed by atoms with Gasteiger partial charge in [-0.1, -0.05) is 87.7 Å². The smallest absolute Gasteiger partial charge is 0.243 e. The second kappa shape index (κ2) is 13.9. The fourth-order valence-corrected chi connectivity index (χ4v) is 5.34. The van der Waals surface area contributed by atoms with E-state index >= 15 is 0 Å². The minimum absolute atomic E-state index is 0.102. The monoisotopic (exact) mass is 592 g/mol. The Hall–Kier alpha value is -1.99. The molecule has 0 saturated carbocycles. The van der Waals surface area contributed by atoms with Gasteiger partial charge in [0.15, 0.2) is 0 Å². The molecule has 1 N–H and O–H groups in total. The van der Waals surface area contributed by atoms with Crippen molar-refractivity contribution in [3.05, 3.63) is 104 Å². The normalized spacial score (nSPS) is 11.7. The van der Waals surface area contributed by atoms with Gasteiger partial charge in [-0.3, -0.25) is 9.59 Å². The Bertz CT molecular complexity index is 1130. The lowest BCUT2D eigenvalue weighted by Crippen LogP contribution is -2.51. The van der Waals surface area contributed by atoms with Crippen molar-refractivity contribution in [1.29, 1.82) is 0 Å². The van der Waals surface area contributed by atoms with Gasteiger partial charge < -0.3 is 10.2 Å². The molecule has 1 atom stereocenters. The topological polar surface area (TPSA) is 49.4 Å². The molecule has 0 aliphatic carbocycles. The van der Waals surface area contributed by atoms with Gasteiger partial charge in [-0.25, -0.2) is 0 Å². The molecule has 0 aliphatic rings. The molecule has 184 valence electrons. The maximum absolute atomic E-state index is 13.5. The highest BCUT2D eigenvalue weighted by atomic mass is 79.9. The van der Waals surface area contributed by atoms with Crippen LogP contribution in [0.3, 0.4) is 0 Å². The van der Waals surface area contributed by atoms with Crippen molar-refractivity contribution in [2.45, 2.75) is 31.7 Å². The lowest BCUT2D eigenvalue weighted by atomic mass is 10.0. The Kier molecular flexibility index (Phi) is 11.0. The number of benzene rings is 3. The van der Waals surface area contributed by atoms with Crippen LogP contribution in [0.4, 0.5) is 0 Å². The number of nitrogens with zero attached hydrogens (tertiary/aromatic N) is 1. The van der Waals surface area contributed by atoms with Crippen LogP contribution in [0.25, 0.3) is 0 Å². The molecule has 2 amide bonds. The third-order valence-electron chi connectivity index (χ3n) is 5.39. The van der Waals surface area contributed by atoms with E-state index in [1.807, 2.05) is 67.6 Å². The van der Waals surface area contributed by atoms with E-state index in [0.717, 1.165) is 21.2 Å². The molecular weight excluding hydrogens is 567 g/mol. The molecule has 0 unspecified atom stereocenters. The van der Waals surface area contributed by atoms with Crippen molar-refractivity contribution in [1.82, 2.24) is 10.2 Å². The van der Waals surface area contributed by atoms with Crippen LogP contribution < -0.4 is 5.32 Å². The summed E-state index contributed by atoms with van der Waals surface area (Å²) in [5.41, 5.74) is 2.87.